The van der Waals surface area contributed by atoms with Crippen LogP contribution < -0.4 is 5.19 Å². The highest BCUT2D eigenvalue weighted by atomic mass is 28.3. The fraction of sp³-hybridized carbons (Fsp3) is 0.192. The molecule has 0 saturated heterocycles. The van der Waals surface area contributed by atoms with Crippen LogP contribution in [-0.2, 0) is 0 Å². The van der Waals surface area contributed by atoms with E-state index >= 15 is 0 Å². The van der Waals surface area contributed by atoms with E-state index in [1.165, 1.54) is 10.4 Å². The molecular formula is C26H28OSi. The van der Waals surface area contributed by atoms with Crippen LogP contribution in [0.3, 0.4) is 0 Å². The van der Waals surface area contributed by atoms with E-state index < -0.39 is 8.07 Å². The smallest absolute Gasteiger partial charge is 0.206 e. The van der Waals surface area contributed by atoms with E-state index in [1.54, 1.807) is 0 Å². The van der Waals surface area contributed by atoms with Crippen molar-refractivity contribution in [2.75, 3.05) is 0 Å². The van der Waals surface area contributed by atoms with Crippen LogP contribution in [0, 0.1) is 0 Å². The van der Waals surface area contributed by atoms with Crippen LogP contribution in [0.2, 0.25) is 5.54 Å². The maximum Gasteiger partial charge on any atom is 0.206 e. The molecule has 0 heterocycles. The quantitative estimate of drug-likeness (QED) is 0.334. The van der Waals surface area contributed by atoms with Crippen LogP contribution in [0.1, 0.15) is 37.0 Å². The lowest BCUT2D eigenvalue weighted by atomic mass is 10.2. The summed E-state index contributed by atoms with van der Waals surface area (Å²) in [6.07, 6.45) is 17.2. The summed E-state index contributed by atoms with van der Waals surface area (Å²) in [5.74, 6) is 0. The third-order valence-corrected chi connectivity index (χ3v) is 10.6. The third kappa shape index (κ3) is 3.78. The van der Waals surface area contributed by atoms with Crippen LogP contribution in [-0.4, -0.2) is 13.5 Å². The summed E-state index contributed by atoms with van der Waals surface area (Å²) in [5, 5.41) is 2.65. The molecule has 0 saturated carbocycles. The molecule has 2 unspecified atom stereocenters. The number of rotatable bonds is 6. The average molecular weight is 385 g/mol. The number of carbonyl (C=O) groups excluding carboxylic acids is 1. The first kappa shape index (κ1) is 20.0. The molecule has 0 N–H and O–H groups in total. The van der Waals surface area contributed by atoms with Gasteiger partial charge in [-0.05, 0) is 37.4 Å². The van der Waals surface area contributed by atoms with Gasteiger partial charge in [0.05, 0.1) is 0 Å². The Morgan fingerprint density at radius 2 is 1.61 bits per heavy atom. The van der Waals surface area contributed by atoms with Gasteiger partial charge in [-0.15, -0.1) is 0 Å². The van der Waals surface area contributed by atoms with E-state index in [2.05, 4.69) is 73.7 Å². The average Bonchev–Trinajstić information content (AvgIpc) is 3.04. The SMILES string of the molecule is C/C=C\C(=C/C)[Si](C(=O)c1ccccc1)(c1ccccc1)C1C=CCC=CC1. The maximum atomic E-state index is 14.3. The van der Waals surface area contributed by atoms with E-state index in [1.807, 2.05) is 43.3 Å². The molecule has 1 aliphatic rings. The van der Waals surface area contributed by atoms with Gasteiger partial charge in [0.15, 0.2) is 5.41 Å². The zero-order chi connectivity index (χ0) is 19.8. The van der Waals surface area contributed by atoms with Crippen LogP contribution in [0.25, 0.3) is 0 Å². The van der Waals surface area contributed by atoms with Gasteiger partial charge in [-0.25, -0.2) is 0 Å². The number of allylic oxidation sites excluding steroid dienone is 8. The molecule has 3 rings (SSSR count). The van der Waals surface area contributed by atoms with Crippen molar-refractivity contribution < 1.29 is 4.79 Å². The van der Waals surface area contributed by atoms with Crippen molar-refractivity contribution in [3.05, 3.63) is 114 Å². The fourth-order valence-electron chi connectivity index (χ4n) is 4.24. The molecule has 28 heavy (non-hydrogen) atoms. The van der Waals surface area contributed by atoms with E-state index in [9.17, 15) is 4.79 Å². The molecule has 2 aromatic rings. The first-order valence-corrected chi connectivity index (χ1v) is 12.1. The molecule has 142 valence electrons. The number of benzene rings is 2. The Balaban J connectivity index is 2.34. The Morgan fingerprint density at radius 3 is 2.25 bits per heavy atom. The summed E-state index contributed by atoms with van der Waals surface area (Å²) in [6.45, 7) is 4.10. The van der Waals surface area contributed by atoms with Gasteiger partial charge in [0, 0.05) is 5.56 Å². The van der Waals surface area contributed by atoms with E-state index in [0.29, 0.717) is 0 Å². The Labute approximate surface area is 169 Å². The zero-order valence-corrected chi connectivity index (χ0v) is 17.7. The van der Waals surface area contributed by atoms with Gasteiger partial charge in [-0.3, -0.25) is 4.79 Å². The molecule has 1 aliphatic carbocycles. The van der Waals surface area contributed by atoms with Gasteiger partial charge in [0.25, 0.3) is 0 Å². The van der Waals surface area contributed by atoms with Crippen molar-refractivity contribution in [1.82, 2.24) is 0 Å². The summed E-state index contributed by atoms with van der Waals surface area (Å²) in [5.41, 5.74) is 0.993. The lowest BCUT2D eigenvalue weighted by Gasteiger charge is -2.37. The standard InChI is InChI=1S/C26H28OSi/c1-3-15-23(4-2)28(25-20-13-8-14-21-25,24-18-11-5-6-12-19-24)26(27)22-16-9-7-10-17-22/h3-5,7-17,19-21,24H,6,18H2,1-2H3/b15-3-,23-4+. The Morgan fingerprint density at radius 1 is 0.929 bits per heavy atom. The van der Waals surface area contributed by atoms with E-state index in [4.69, 9.17) is 0 Å². The highest BCUT2D eigenvalue weighted by Crippen LogP contribution is 2.38. The lowest BCUT2D eigenvalue weighted by molar-refractivity contribution is 0.106. The molecule has 0 spiro atoms. The number of hydrogen-bond donors (Lipinski definition) is 0. The Hall–Kier alpha value is -2.71. The summed E-state index contributed by atoms with van der Waals surface area (Å²) in [7, 11) is -2.80. The number of hydrogen-bond acceptors (Lipinski definition) is 1. The first-order valence-electron chi connectivity index (χ1n) is 10.0. The molecule has 0 bridgehead atoms. The maximum absolute atomic E-state index is 14.3. The molecule has 0 aliphatic heterocycles. The Bertz CT molecular complexity index is 906. The van der Waals surface area contributed by atoms with Crippen molar-refractivity contribution in [1.29, 1.82) is 0 Å². The summed E-state index contributed by atoms with van der Waals surface area (Å²) < 4.78 is 0. The molecular weight excluding hydrogens is 356 g/mol. The largest absolute Gasteiger partial charge is 0.299 e. The van der Waals surface area contributed by atoms with Crippen molar-refractivity contribution >= 4 is 18.7 Å². The Kier molecular flexibility index (Phi) is 6.78. The second-order valence-electron chi connectivity index (χ2n) is 7.09. The minimum Gasteiger partial charge on any atom is -0.299 e. The lowest BCUT2D eigenvalue weighted by Crippen LogP contribution is -2.60. The normalized spacial score (nSPS) is 19.4. The molecule has 0 radical (unpaired) electrons. The minimum absolute atomic E-state index is 0.184. The van der Waals surface area contributed by atoms with Gasteiger partial charge in [0.2, 0.25) is 8.07 Å². The van der Waals surface area contributed by atoms with Gasteiger partial charge >= 0.3 is 0 Å². The summed E-state index contributed by atoms with van der Waals surface area (Å²) in [4.78, 5) is 14.3. The van der Waals surface area contributed by atoms with Crippen LogP contribution >= 0.6 is 0 Å². The molecule has 1 nitrogen and oxygen atoms in total. The minimum atomic E-state index is -2.80. The van der Waals surface area contributed by atoms with Crippen LogP contribution in [0.15, 0.2) is 108 Å². The highest BCUT2D eigenvalue weighted by molar-refractivity contribution is 7.21. The topological polar surface area (TPSA) is 17.1 Å². The third-order valence-electron chi connectivity index (χ3n) is 5.49. The van der Waals surface area contributed by atoms with Crippen LogP contribution in [0.4, 0.5) is 0 Å². The van der Waals surface area contributed by atoms with Gasteiger partial charge in [-0.2, -0.15) is 0 Å². The second-order valence-corrected chi connectivity index (χ2v) is 11.1. The van der Waals surface area contributed by atoms with Crippen molar-refractivity contribution in [3.8, 4) is 0 Å². The molecule has 2 aromatic carbocycles. The molecule has 0 aromatic heterocycles. The molecule has 2 atom stereocenters. The number of carbonyl (C=O) groups is 1. The molecule has 0 fully saturated rings. The van der Waals surface area contributed by atoms with E-state index in [-0.39, 0.29) is 10.9 Å². The van der Waals surface area contributed by atoms with Gasteiger partial charge in [-0.1, -0.05) is 108 Å². The first-order chi connectivity index (χ1) is 13.7. The predicted molar refractivity (Wildman–Crippen MR) is 122 cm³/mol. The van der Waals surface area contributed by atoms with Crippen molar-refractivity contribution in [2.24, 2.45) is 0 Å². The van der Waals surface area contributed by atoms with E-state index in [0.717, 1.165) is 18.4 Å². The summed E-state index contributed by atoms with van der Waals surface area (Å²) in [6, 6.07) is 20.3. The summed E-state index contributed by atoms with van der Waals surface area (Å²) >= 11 is 0. The monoisotopic (exact) mass is 384 g/mol. The second kappa shape index (κ2) is 9.47. The fourth-order valence-corrected chi connectivity index (χ4v) is 9.43. The molecule has 2 heteroatoms. The van der Waals surface area contributed by atoms with Gasteiger partial charge in [0.1, 0.15) is 0 Å². The van der Waals surface area contributed by atoms with Crippen molar-refractivity contribution in [2.45, 2.75) is 32.2 Å². The highest BCUT2D eigenvalue weighted by Gasteiger charge is 2.50. The predicted octanol–water partition coefficient (Wildman–Crippen LogP) is 6.10. The van der Waals surface area contributed by atoms with Crippen molar-refractivity contribution in [3.63, 3.8) is 0 Å². The zero-order valence-electron chi connectivity index (χ0n) is 16.7. The molecule has 0 amide bonds. The van der Waals surface area contributed by atoms with Crippen LogP contribution in [0.5, 0.6) is 0 Å². The van der Waals surface area contributed by atoms with Gasteiger partial charge < -0.3 is 0 Å².